The molecule has 0 aromatic carbocycles. The van der Waals surface area contributed by atoms with E-state index in [1.165, 1.54) is 25.8 Å². The van der Waals surface area contributed by atoms with Gasteiger partial charge in [-0.15, -0.1) is 11.8 Å². The Bertz CT molecular complexity index is 228. The van der Waals surface area contributed by atoms with Crippen molar-refractivity contribution in [3.63, 3.8) is 0 Å². The van der Waals surface area contributed by atoms with Crippen molar-refractivity contribution in [1.29, 1.82) is 0 Å². The number of ether oxygens (including phenoxy) is 1. The van der Waals surface area contributed by atoms with Gasteiger partial charge in [-0.1, -0.05) is 6.08 Å². The predicted molar refractivity (Wildman–Crippen MR) is 56.9 cm³/mol. The molecule has 0 aliphatic carbocycles. The fourth-order valence-electron chi connectivity index (χ4n) is 0.646. The number of amides is 1. The molecule has 1 N–H and O–H groups in total. The second kappa shape index (κ2) is 7.44. The first-order valence-corrected chi connectivity index (χ1v) is 5.15. The minimum atomic E-state index is -0.251. The summed E-state index contributed by atoms with van der Waals surface area (Å²) in [6.45, 7) is 3.70. The lowest BCUT2D eigenvalue weighted by molar-refractivity contribution is -0.139. The molecule has 4 nitrogen and oxygen atoms in total. The van der Waals surface area contributed by atoms with Crippen LogP contribution >= 0.6 is 11.8 Å². The third-order valence-corrected chi connectivity index (χ3v) is 2.33. The Labute approximate surface area is 88.1 Å². The Morgan fingerprint density at radius 2 is 2.21 bits per heavy atom. The van der Waals surface area contributed by atoms with Crippen molar-refractivity contribution in [2.75, 3.05) is 13.7 Å². The molecule has 0 aromatic rings. The highest BCUT2D eigenvalue weighted by molar-refractivity contribution is 8.03. The van der Waals surface area contributed by atoms with Crippen LogP contribution in [0.5, 0.6) is 0 Å². The topological polar surface area (TPSA) is 55.4 Å². The van der Waals surface area contributed by atoms with E-state index in [1.807, 2.05) is 0 Å². The number of hydrogen-bond donors (Lipinski definition) is 1. The summed E-state index contributed by atoms with van der Waals surface area (Å²) in [6.07, 6.45) is 1.78. The molecule has 80 valence electrons. The van der Waals surface area contributed by atoms with Gasteiger partial charge >= 0.3 is 5.97 Å². The molecule has 5 heteroatoms. The van der Waals surface area contributed by atoms with Crippen LogP contribution in [0.4, 0.5) is 0 Å². The van der Waals surface area contributed by atoms with Gasteiger partial charge in [0.2, 0.25) is 5.91 Å². The van der Waals surface area contributed by atoms with Crippen LogP contribution in [0.2, 0.25) is 0 Å². The normalized spacial score (nSPS) is 12.5. The molecule has 0 aromatic heterocycles. The molecule has 0 heterocycles. The van der Waals surface area contributed by atoms with Gasteiger partial charge in [0.15, 0.2) is 0 Å². The highest BCUT2D eigenvalue weighted by atomic mass is 32.2. The monoisotopic (exact) mass is 217 g/mol. The third-order valence-electron chi connectivity index (χ3n) is 1.38. The van der Waals surface area contributed by atoms with Crippen LogP contribution in [-0.2, 0) is 14.3 Å². The molecular weight excluding hydrogens is 202 g/mol. The second-order valence-electron chi connectivity index (χ2n) is 2.61. The summed E-state index contributed by atoms with van der Waals surface area (Å²) >= 11 is 1.35. The van der Waals surface area contributed by atoms with Gasteiger partial charge in [-0.25, -0.2) is 0 Å². The van der Waals surface area contributed by atoms with Gasteiger partial charge in [-0.05, 0) is 12.3 Å². The molecule has 0 aliphatic heterocycles. The molecule has 0 fully saturated rings. The first-order valence-electron chi connectivity index (χ1n) is 4.20. The van der Waals surface area contributed by atoms with Gasteiger partial charge in [0.1, 0.15) is 5.25 Å². The molecule has 0 saturated heterocycles. The molecule has 1 atom stereocenters. The number of carbonyl (C=O) groups excluding carboxylic acids is 2. The summed E-state index contributed by atoms with van der Waals surface area (Å²) in [4.78, 5) is 21.4. The fraction of sp³-hybridized carbons (Fsp3) is 0.556. The molecule has 0 rings (SSSR count). The number of esters is 1. The van der Waals surface area contributed by atoms with Crippen molar-refractivity contribution in [2.45, 2.75) is 19.1 Å². The van der Waals surface area contributed by atoms with Gasteiger partial charge < -0.3 is 10.1 Å². The van der Waals surface area contributed by atoms with Crippen LogP contribution in [0, 0.1) is 0 Å². The second-order valence-corrected chi connectivity index (χ2v) is 3.86. The summed E-state index contributed by atoms with van der Waals surface area (Å²) < 4.78 is 4.54. The van der Waals surface area contributed by atoms with Crippen LogP contribution in [0.1, 0.15) is 13.8 Å². The smallest absolute Gasteiger partial charge is 0.318 e. The van der Waals surface area contributed by atoms with E-state index < -0.39 is 0 Å². The van der Waals surface area contributed by atoms with Crippen molar-refractivity contribution < 1.29 is 14.3 Å². The van der Waals surface area contributed by atoms with Gasteiger partial charge in [0.25, 0.3) is 0 Å². The standard InChI is InChI=1S/C9H15NO3S/c1-7(9(12)13-3)14-6-4-5-10-8(2)11/h4,6-7H,5H2,1-3H3,(H,10,11)/b6-4-. The van der Waals surface area contributed by atoms with Crippen LogP contribution in [0.25, 0.3) is 0 Å². The lowest BCUT2D eigenvalue weighted by Crippen LogP contribution is -2.19. The fourth-order valence-corrected chi connectivity index (χ4v) is 1.30. The molecule has 1 unspecified atom stereocenters. The highest BCUT2D eigenvalue weighted by Crippen LogP contribution is 2.12. The van der Waals surface area contributed by atoms with Crippen molar-refractivity contribution >= 4 is 23.6 Å². The Kier molecular flexibility index (Phi) is 6.92. The number of methoxy groups -OCH3 is 1. The Hall–Kier alpha value is -0.970. The Morgan fingerprint density at radius 3 is 2.71 bits per heavy atom. The van der Waals surface area contributed by atoms with E-state index in [0.717, 1.165) is 0 Å². The molecular formula is C9H15NO3S. The lowest BCUT2D eigenvalue weighted by atomic mass is 10.5. The van der Waals surface area contributed by atoms with Crippen molar-refractivity contribution in [3.8, 4) is 0 Å². The van der Waals surface area contributed by atoms with Gasteiger partial charge in [-0.3, -0.25) is 9.59 Å². The van der Waals surface area contributed by atoms with Gasteiger partial charge in [0.05, 0.1) is 7.11 Å². The van der Waals surface area contributed by atoms with Crippen LogP contribution in [0.3, 0.4) is 0 Å². The summed E-state index contributed by atoms with van der Waals surface area (Å²) in [6, 6.07) is 0. The lowest BCUT2D eigenvalue weighted by Gasteiger charge is -2.04. The zero-order valence-electron chi connectivity index (χ0n) is 8.57. The van der Waals surface area contributed by atoms with Crippen LogP contribution in [0.15, 0.2) is 11.5 Å². The summed E-state index contributed by atoms with van der Waals surface area (Å²) in [5.41, 5.74) is 0. The maximum absolute atomic E-state index is 10.9. The Morgan fingerprint density at radius 1 is 1.57 bits per heavy atom. The summed E-state index contributed by atoms with van der Waals surface area (Å²) in [5.74, 6) is -0.320. The van der Waals surface area contributed by atoms with E-state index >= 15 is 0 Å². The minimum Gasteiger partial charge on any atom is -0.468 e. The van der Waals surface area contributed by atoms with E-state index in [2.05, 4.69) is 10.1 Å². The average molecular weight is 217 g/mol. The van der Waals surface area contributed by atoms with Crippen LogP contribution < -0.4 is 5.32 Å². The third kappa shape index (κ3) is 6.54. The van der Waals surface area contributed by atoms with Crippen LogP contribution in [-0.4, -0.2) is 30.8 Å². The average Bonchev–Trinajstić information content (AvgIpc) is 2.15. The predicted octanol–water partition coefficient (Wildman–Crippen LogP) is 0.931. The molecule has 0 aliphatic rings. The molecule has 0 spiro atoms. The van der Waals surface area contributed by atoms with Crippen molar-refractivity contribution in [1.82, 2.24) is 5.32 Å². The number of thioether (sulfide) groups is 1. The molecule has 0 radical (unpaired) electrons. The Balaban J connectivity index is 3.60. The number of carbonyl (C=O) groups is 2. The number of rotatable bonds is 5. The highest BCUT2D eigenvalue weighted by Gasteiger charge is 2.10. The van der Waals surface area contributed by atoms with Gasteiger partial charge in [0, 0.05) is 13.5 Å². The van der Waals surface area contributed by atoms with Gasteiger partial charge in [-0.2, -0.15) is 0 Å². The minimum absolute atomic E-state index is 0.0688. The summed E-state index contributed by atoms with van der Waals surface area (Å²) in [5, 5.41) is 4.17. The van der Waals surface area contributed by atoms with Crippen molar-refractivity contribution in [2.24, 2.45) is 0 Å². The quantitative estimate of drug-likeness (QED) is 0.696. The first-order chi connectivity index (χ1) is 6.57. The van der Waals surface area contributed by atoms with E-state index in [9.17, 15) is 9.59 Å². The molecule has 1 amide bonds. The van der Waals surface area contributed by atoms with E-state index in [1.54, 1.807) is 18.4 Å². The van der Waals surface area contributed by atoms with E-state index in [-0.39, 0.29) is 17.1 Å². The van der Waals surface area contributed by atoms with E-state index in [0.29, 0.717) is 6.54 Å². The molecule has 0 bridgehead atoms. The maximum Gasteiger partial charge on any atom is 0.318 e. The van der Waals surface area contributed by atoms with E-state index in [4.69, 9.17) is 0 Å². The largest absolute Gasteiger partial charge is 0.468 e. The SMILES string of the molecule is COC(=O)C(C)S/C=C\CNC(C)=O. The number of hydrogen-bond acceptors (Lipinski definition) is 4. The molecule has 0 saturated carbocycles. The zero-order chi connectivity index (χ0) is 11.0. The first kappa shape index (κ1) is 13.0. The van der Waals surface area contributed by atoms with Crippen molar-refractivity contribution in [3.05, 3.63) is 11.5 Å². The number of nitrogens with one attached hydrogen (secondary N) is 1. The zero-order valence-corrected chi connectivity index (χ0v) is 9.39. The maximum atomic E-state index is 10.9. The summed E-state index contributed by atoms with van der Waals surface area (Å²) in [7, 11) is 1.36. The molecule has 14 heavy (non-hydrogen) atoms.